The van der Waals surface area contributed by atoms with Crippen LogP contribution < -0.4 is 9.04 Å². The molecule has 4 rings (SSSR count). The van der Waals surface area contributed by atoms with E-state index in [1.807, 2.05) is 12.1 Å². The normalized spacial score (nSPS) is 14.6. The fourth-order valence-electron chi connectivity index (χ4n) is 2.96. The summed E-state index contributed by atoms with van der Waals surface area (Å²) in [5.74, 6) is -0.546. The Morgan fingerprint density at radius 1 is 1.12 bits per heavy atom. The lowest BCUT2D eigenvalue weighted by Crippen LogP contribution is -2.34. The van der Waals surface area contributed by atoms with Crippen molar-refractivity contribution < 1.29 is 17.9 Å². The van der Waals surface area contributed by atoms with E-state index in [1.54, 1.807) is 30.3 Å². The van der Waals surface area contributed by atoms with Crippen molar-refractivity contribution in [2.45, 2.75) is 4.90 Å². The third kappa shape index (κ3) is 2.76. The molecule has 1 aliphatic rings. The second-order valence-corrected chi connectivity index (χ2v) is 8.85. The smallest absolute Gasteiger partial charge is 0.332 e. The molecule has 0 amide bonds. The number of rotatable bonds is 3. The Labute approximate surface area is 163 Å². The maximum atomic E-state index is 12.9. The van der Waals surface area contributed by atoms with E-state index in [1.165, 1.54) is 12.1 Å². The maximum Gasteiger partial charge on any atom is 0.332 e. The molecule has 0 saturated carbocycles. The second-order valence-electron chi connectivity index (χ2n) is 5.69. The number of hydrogen-bond acceptors (Lipinski definition) is 4. The first-order chi connectivity index (χ1) is 12.4. The van der Waals surface area contributed by atoms with Gasteiger partial charge >= 0.3 is 5.97 Å². The molecule has 0 N–H and O–H groups in total. The fourth-order valence-corrected chi connectivity index (χ4v) is 5.33. The van der Waals surface area contributed by atoms with E-state index in [0.717, 1.165) is 14.2 Å². The Bertz CT molecular complexity index is 1160. The van der Waals surface area contributed by atoms with Crippen molar-refractivity contribution in [1.82, 2.24) is 0 Å². The van der Waals surface area contributed by atoms with Gasteiger partial charge in [-0.2, -0.15) is 0 Å². The Morgan fingerprint density at radius 2 is 1.85 bits per heavy atom. The minimum atomic E-state index is -3.81. The van der Waals surface area contributed by atoms with Crippen molar-refractivity contribution in [3.8, 4) is 5.75 Å². The van der Waals surface area contributed by atoms with E-state index < -0.39 is 22.5 Å². The van der Waals surface area contributed by atoms with Gasteiger partial charge in [0.2, 0.25) is 0 Å². The molecule has 0 spiro atoms. The van der Waals surface area contributed by atoms with Crippen LogP contribution in [0, 0.1) is 0 Å². The van der Waals surface area contributed by atoms with Crippen molar-refractivity contribution in [1.29, 1.82) is 0 Å². The number of ether oxygens (including phenoxy) is 1. The minimum Gasteiger partial charge on any atom is -0.424 e. The van der Waals surface area contributed by atoms with Crippen molar-refractivity contribution in [2.24, 2.45) is 0 Å². The van der Waals surface area contributed by atoms with E-state index in [4.69, 9.17) is 16.3 Å². The first kappa shape index (κ1) is 17.3. The summed E-state index contributed by atoms with van der Waals surface area (Å²) in [6.07, 6.45) is 0. The molecule has 0 radical (unpaired) electrons. The lowest BCUT2D eigenvalue weighted by Gasteiger charge is -2.18. The number of nitrogens with zero attached hydrogens (tertiary/aromatic N) is 1. The van der Waals surface area contributed by atoms with Gasteiger partial charge in [0, 0.05) is 9.86 Å². The van der Waals surface area contributed by atoms with Gasteiger partial charge in [-0.15, -0.1) is 0 Å². The van der Waals surface area contributed by atoms with Crippen LogP contribution in [0.25, 0.3) is 10.8 Å². The number of esters is 1. The summed E-state index contributed by atoms with van der Waals surface area (Å²) in [6.45, 7) is -0.442. The lowest BCUT2D eigenvalue weighted by molar-refractivity contribution is -0.132. The van der Waals surface area contributed by atoms with Crippen LogP contribution in [0.3, 0.4) is 0 Å². The molecule has 0 bridgehead atoms. The standard InChI is InChI=1S/C18H11BrClNO4S/c19-12-7-8-15(13(20)9-12)25-17(22)10-21-14-5-1-3-11-4-2-6-16(18(11)14)26(21,23)24/h1-9H,10H2. The van der Waals surface area contributed by atoms with Gasteiger partial charge in [-0.25, -0.2) is 13.2 Å². The van der Waals surface area contributed by atoms with E-state index in [2.05, 4.69) is 15.9 Å². The van der Waals surface area contributed by atoms with Gasteiger partial charge in [-0.05, 0) is 35.7 Å². The number of sulfonamides is 1. The SMILES string of the molecule is O=C(CN1c2cccc3cccc(c23)S1(=O)=O)Oc1ccc(Br)cc1Cl. The second kappa shape index (κ2) is 6.26. The largest absolute Gasteiger partial charge is 0.424 e. The van der Waals surface area contributed by atoms with Gasteiger partial charge in [-0.3, -0.25) is 4.31 Å². The Hall–Kier alpha value is -2.09. The number of halogens is 2. The van der Waals surface area contributed by atoms with Crippen molar-refractivity contribution in [3.05, 3.63) is 64.1 Å². The zero-order chi connectivity index (χ0) is 18.5. The molecular formula is C18H11BrClNO4S. The zero-order valence-corrected chi connectivity index (χ0v) is 16.3. The topological polar surface area (TPSA) is 63.7 Å². The monoisotopic (exact) mass is 451 g/mol. The molecule has 26 heavy (non-hydrogen) atoms. The summed E-state index contributed by atoms with van der Waals surface area (Å²) in [7, 11) is -3.81. The molecule has 8 heteroatoms. The Balaban J connectivity index is 1.67. The van der Waals surface area contributed by atoms with Crippen LogP contribution in [0.5, 0.6) is 5.75 Å². The minimum absolute atomic E-state index is 0.173. The molecule has 1 heterocycles. The van der Waals surface area contributed by atoms with Crippen LogP contribution in [0.1, 0.15) is 0 Å². The van der Waals surface area contributed by atoms with Crippen LogP contribution in [0.15, 0.2) is 64.0 Å². The van der Waals surface area contributed by atoms with Gasteiger partial charge in [0.05, 0.1) is 15.6 Å². The number of benzene rings is 3. The van der Waals surface area contributed by atoms with Gasteiger partial charge in [-0.1, -0.05) is 51.8 Å². The molecule has 132 valence electrons. The van der Waals surface area contributed by atoms with Crippen LogP contribution in [0.2, 0.25) is 5.02 Å². The molecule has 3 aromatic rings. The highest BCUT2D eigenvalue weighted by molar-refractivity contribution is 9.10. The third-order valence-electron chi connectivity index (χ3n) is 4.07. The highest BCUT2D eigenvalue weighted by Gasteiger charge is 2.37. The third-order valence-corrected chi connectivity index (χ3v) is 6.66. The molecular weight excluding hydrogens is 442 g/mol. The van der Waals surface area contributed by atoms with Gasteiger partial charge in [0.1, 0.15) is 12.3 Å². The molecule has 0 unspecified atom stereocenters. The number of carbonyl (C=O) groups excluding carboxylic acids is 1. The summed E-state index contributed by atoms with van der Waals surface area (Å²) in [4.78, 5) is 12.6. The van der Waals surface area contributed by atoms with Gasteiger partial charge < -0.3 is 4.74 Å². The average Bonchev–Trinajstić information content (AvgIpc) is 2.81. The highest BCUT2D eigenvalue weighted by atomic mass is 79.9. The fraction of sp³-hybridized carbons (Fsp3) is 0.0556. The summed E-state index contributed by atoms with van der Waals surface area (Å²) < 4.78 is 32.8. The molecule has 5 nitrogen and oxygen atoms in total. The number of carbonyl (C=O) groups is 1. The Kier molecular flexibility index (Phi) is 4.17. The number of anilines is 1. The molecule has 1 aliphatic heterocycles. The quantitative estimate of drug-likeness (QED) is 0.437. The lowest BCUT2D eigenvalue weighted by atomic mass is 10.1. The highest BCUT2D eigenvalue weighted by Crippen LogP contribution is 2.41. The maximum absolute atomic E-state index is 12.9. The van der Waals surface area contributed by atoms with Crippen molar-refractivity contribution in [2.75, 3.05) is 10.8 Å². The molecule has 0 saturated heterocycles. The van der Waals surface area contributed by atoms with Crippen LogP contribution in [-0.4, -0.2) is 20.9 Å². The molecule has 0 aliphatic carbocycles. The Morgan fingerprint density at radius 3 is 2.58 bits per heavy atom. The summed E-state index contributed by atoms with van der Waals surface area (Å²) in [6, 6.07) is 15.1. The van der Waals surface area contributed by atoms with Crippen LogP contribution in [0.4, 0.5) is 5.69 Å². The summed E-state index contributed by atoms with van der Waals surface area (Å²) >= 11 is 9.31. The first-order valence-corrected chi connectivity index (χ1v) is 10.2. The van der Waals surface area contributed by atoms with E-state index in [0.29, 0.717) is 11.1 Å². The first-order valence-electron chi connectivity index (χ1n) is 7.58. The zero-order valence-electron chi connectivity index (χ0n) is 13.1. The van der Waals surface area contributed by atoms with E-state index >= 15 is 0 Å². The van der Waals surface area contributed by atoms with Gasteiger partial charge in [0.25, 0.3) is 10.0 Å². The molecule has 0 atom stereocenters. The summed E-state index contributed by atoms with van der Waals surface area (Å²) in [5.41, 5.74) is 0.469. The molecule has 3 aromatic carbocycles. The molecule has 0 fully saturated rings. The molecule has 0 aromatic heterocycles. The van der Waals surface area contributed by atoms with Crippen molar-refractivity contribution in [3.63, 3.8) is 0 Å². The van der Waals surface area contributed by atoms with Crippen molar-refractivity contribution >= 4 is 60.0 Å². The predicted octanol–water partition coefficient (Wildman–Crippen LogP) is 4.37. The van der Waals surface area contributed by atoms with E-state index in [-0.39, 0.29) is 15.7 Å². The predicted molar refractivity (Wildman–Crippen MR) is 103 cm³/mol. The summed E-state index contributed by atoms with van der Waals surface area (Å²) in [5, 5.41) is 1.67. The van der Waals surface area contributed by atoms with Crippen LogP contribution in [-0.2, 0) is 14.8 Å². The van der Waals surface area contributed by atoms with Gasteiger partial charge in [0.15, 0.2) is 0 Å². The van der Waals surface area contributed by atoms with E-state index in [9.17, 15) is 13.2 Å². The number of hydrogen-bond donors (Lipinski definition) is 0. The average molecular weight is 453 g/mol. The van der Waals surface area contributed by atoms with Crippen LogP contribution >= 0.6 is 27.5 Å².